The van der Waals surface area contributed by atoms with Gasteiger partial charge >= 0.3 is 0 Å². The van der Waals surface area contributed by atoms with Crippen molar-refractivity contribution in [2.75, 3.05) is 30.5 Å². The summed E-state index contributed by atoms with van der Waals surface area (Å²) in [6, 6.07) is 6.81. The highest BCUT2D eigenvalue weighted by atomic mass is 32.2. The van der Waals surface area contributed by atoms with Gasteiger partial charge in [-0.3, -0.25) is 0 Å². The van der Waals surface area contributed by atoms with Gasteiger partial charge in [0.2, 0.25) is 0 Å². The second kappa shape index (κ2) is 5.37. The minimum Gasteiger partial charge on any atom is -0.377 e. The van der Waals surface area contributed by atoms with E-state index in [-0.39, 0.29) is 0 Å². The zero-order chi connectivity index (χ0) is 11.5. The van der Waals surface area contributed by atoms with Gasteiger partial charge in [0.25, 0.3) is 0 Å². The van der Waals surface area contributed by atoms with Gasteiger partial charge in [-0.15, -0.1) is 23.5 Å². The molecule has 0 aliphatic carbocycles. The van der Waals surface area contributed by atoms with Crippen molar-refractivity contribution >= 4 is 29.2 Å². The molecular weight excluding hydrogens is 234 g/mol. The van der Waals surface area contributed by atoms with E-state index in [9.17, 15) is 0 Å². The fourth-order valence-electron chi connectivity index (χ4n) is 1.94. The van der Waals surface area contributed by atoms with Crippen LogP contribution in [0.2, 0.25) is 0 Å². The molecule has 1 aromatic carbocycles. The molecule has 0 radical (unpaired) electrons. The Labute approximate surface area is 107 Å². The van der Waals surface area contributed by atoms with E-state index in [0.29, 0.717) is 4.58 Å². The number of thioether (sulfide) groups is 2. The van der Waals surface area contributed by atoms with Crippen molar-refractivity contribution in [2.45, 2.75) is 17.9 Å². The average molecular weight is 253 g/mol. The third-order valence-electron chi connectivity index (χ3n) is 2.75. The molecule has 0 bridgehead atoms. The molecule has 0 N–H and O–H groups in total. The van der Waals surface area contributed by atoms with E-state index >= 15 is 0 Å². The van der Waals surface area contributed by atoms with Crippen LogP contribution in [0.15, 0.2) is 18.2 Å². The highest BCUT2D eigenvalue weighted by Crippen LogP contribution is 2.46. The summed E-state index contributed by atoms with van der Waals surface area (Å²) < 4.78 is 0.631. The van der Waals surface area contributed by atoms with Gasteiger partial charge in [-0.1, -0.05) is 17.7 Å². The van der Waals surface area contributed by atoms with Gasteiger partial charge in [0.15, 0.2) is 0 Å². The van der Waals surface area contributed by atoms with E-state index in [1.165, 1.54) is 34.7 Å². The number of nitrogens with zero attached hydrogens (tertiary/aromatic N) is 1. The van der Waals surface area contributed by atoms with Crippen LogP contribution < -0.4 is 4.90 Å². The van der Waals surface area contributed by atoms with Gasteiger partial charge in [-0.25, -0.2) is 0 Å². The molecule has 0 aromatic heterocycles. The normalized spacial score (nSPS) is 17.4. The maximum Gasteiger partial charge on any atom is 0.0771 e. The van der Waals surface area contributed by atoms with Crippen LogP contribution >= 0.6 is 23.5 Å². The van der Waals surface area contributed by atoms with Gasteiger partial charge in [-0.05, 0) is 36.5 Å². The average Bonchev–Trinajstić information content (AvgIpc) is 2.29. The molecule has 16 heavy (non-hydrogen) atoms. The van der Waals surface area contributed by atoms with Gasteiger partial charge in [0, 0.05) is 19.8 Å². The molecule has 88 valence electrons. The number of aryl methyl sites for hydroxylation is 1. The SMILES string of the molecule is Cc1ccc(N(C)C)c(C2SCCCS2)c1. The van der Waals surface area contributed by atoms with Gasteiger partial charge < -0.3 is 4.90 Å². The Morgan fingerprint density at radius 3 is 2.50 bits per heavy atom. The van der Waals surface area contributed by atoms with Crippen LogP contribution in [0.3, 0.4) is 0 Å². The number of hydrogen-bond donors (Lipinski definition) is 0. The fourth-order valence-corrected chi connectivity index (χ4v) is 4.87. The van der Waals surface area contributed by atoms with Gasteiger partial charge in [-0.2, -0.15) is 0 Å². The quantitative estimate of drug-likeness (QED) is 0.786. The number of anilines is 1. The lowest BCUT2D eigenvalue weighted by atomic mass is 10.1. The van der Waals surface area contributed by atoms with E-state index in [1.807, 2.05) is 0 Å². The maximum absolute atomic E-state index is 2.35. The molecule has 1 fully saturated rings. The smallest absolute Gasteiger partial charge is 0.0771 e. The highest BCUT2D eigenvalue weighted by molar-refractivity contribution is 8.16. The van der Waals surface area contributed by atoms with Crippen molar-refractivity contribution in [1.82, 2.24) is 0 Å². The monoisotopic (exact) mass is 253 g/mol. The number of hydrogen-bond acceptors (Lipinski definition) is 3. The van der Waals surface area contributed by atoms with E-state index in [4.69, 9.17) is 0 Å². The van der Waals surface area contributed by atoms with Gasteiger partial charge in [0.1, 0.15) is 0 Å². The van der Waals surface area contributed by atoms with E-state index < -0.39 is 0 Å². The molecule has 0 amide bonds. The minimum absolute atomic E-state index is 0.631. The first kappa shape index (κ1) is 12.2. The molecule has 0 saturated carbocycles. The van der Waals surface area contributed by atoms with Crippen LogP contribution in [0.25, 0.3) is 0 Å². The Balaban J connectivity index is 2.32. The van der Waals surface area contributed by atoms with Crippen molar-refractivity contribution in [1.29, 1.82) is 0 Å². The van der Waals surface area contributed by atoms with E-state index in [0.717, 1.165) is 0 Å². The number of benzene rings is 1. The summed E-state index contributed by atoms with van der Waals surface area (Å²) in [6.07, 6.45) is 1.36. The molecule has 1 heterocycles. The highest BCUT2D eigenvalue weighted by Gasteiger charge is 2.20. The standard InChI is InChI=1S/C13H19NS2/c1-10-5-6-12(14(2)3)11(9-10)13-15-7-4-8-16-13/h5-6,9,13H,4,7-8H2,1-3H3. The Kier molecular flexibility index (Phi) is 4.09. The topological polar surface area (TPSA) is 3.24 Å². The zero-order valence-electron chi connectivity index (χ0n) is 10.2. The second-order valence-electron chi connectivity index (χ2n) is 4.38. The second-order valence-corrected chi connectivity index (χ2v) is 7.11. The molecule has 2 rings (SSSR count). The van der Waals surface area contributed by atoms with Crippen molar-refractivity contribution < 1.29 is 0 Å². The minimum atomic E-state index is 0.631. The van der Waals surface area contributed by atoms with Crippen molar-refractivity contribution in [3.8, 4) is 0 Å². The van der Waals surface area contributed by atoms with Crippen LogP contribution in [0.1, 0.15) is 22.1 Å². The lowest BCUT2D eigenvalue weighted by Gasteiger charge is -2.26. The van der Waals surface area contributed by atoms with Crippen LogP contribution in [0.5, 0.6) is 0 Å². The molecule has 0 spiro atoms. The predicted octanol–water partition coefficient (Wildman–Crippen LogP) is 3.93. The molecule has 1 aromatic rings. The first-order chi connectivity index (χ1) is 7.68. The van der Waals surface area contributed by atoms with E-state index in [2.05, 4.69) is 67.6 Å². The Morgan fingerprint density at radius 1 is 1.19 bits per heavy atom. The summed E-state index contributed by atoms with van der Waals surface area (Å²) in [6.45, 7) is 2.18. The molecule has 3 heteroatoms. The van der Waals surface area contributed by atoms with Crippen molar-refractivity contribution in [2.24, 2.45) is 0 Å². The first-order valence-corrected chi connectivity index (χ1v) is 7.79. The molecule has 1 aliphatic rings. The van der Waals surface area contributed by atoms with Crippen molar-refractivity contribution in [3.05, 3.63) is 29.3 Å². The van der Waals surface area contributed by atoms with Crippen molar-refractivity contribution in [3.63, 3.8) is 0 Å². The van der Waals surface area contributed by atoms with Crippen LogP contribution in [-0.4, -0.2) is 25.6 Å². The third kappa shape index (κ3) is 2.69. The van der Waals surface area contributed by atoms with Crippen LogP contribution in [-0.2, 0) is 0 Å². The summed E-state index contributed by atoms with van der Waals surface area (Å²) in [5.41, 5.74) is 4.24. The lowest BCUT2D eigenvalue weighted by molar-refractivity contribution is 1.07. The molecule has 0 unspecified atom stereocenters. The van der Waals surface area contributed by atoms with Crippen LogP contribution in [0.4, 0.5) is 5.69 Å². The maximum atomic E-state index is 2.35. The predicted molar refractivity (Wildman–Crippen MR) is 77.8 cm³/mol. The first-order valence-electron chi connectivity index (χ1n) is 5.69. The summed E-state index contributed by atoms with van der Waals surface area (Å²) in [7, 11) is 4.26. The molecular formula is C13H19NS2. The Bertz CT molecular complexity index is 357. The molecule has 1 aliphatic heterocycles. The number of rotatable bonds is 2. The molecule has 1 nitrogen and oxygen atoms in total. The Hall–Kier alpha value is -0.280. The summed E-state index contributed by atoms with van der Waals surface area (Å²) in [5.74, 6) is 2.61. The Morgan fingerprint density at radius 2 is 1.88 bits per heavy atom. The molecule has 0 atom stereocenters. The van der Waals surface area contributed by atoms with Gasteiger partial charge in [0.05, 0.1) is 4.58 Å². The van der Waals surface area contributed by atoms with Crippen LogP contribution in [0, 0.1) is 6.92 Å². The fraction of sp³-hybridized carbons (Fsp3) is 0.538. The largest absolute Gasteiger partial charge is 0.377 e. The lowest BCUT2D eigenvalue weighted by Crippen LogP contribution is -2.13. The third-order valence-corrected chi connectivity index (χ3v) is 5.72. The molecule has 1 saturated heterocycles. The summed E-state index contributed by atoms with van der Waals surface area (Å²) >= 11 is 4.19. The summed E-state index contributed by atoms with van der Waals surface area (Å²) in [5, 5.41) is 0. The van der Waals surface area contributed by atoms with E-state index in [1.54, 1.807) is 0 Å². The zero-order valence-corrected chi connectivity index (χ0v) is 11.8. The summed E-state index contributed by atoms with van der Waals surface area (Å²) in [4.78, 5) is 2.23.